The number of β-amino-alcohol motifs (C(OH)–C–C–N with tert-alkyl or cyclic N) is 1. The molecule has 2 rings (SSSR count). The Morgan fingerprint density at radius 2 is 2.00 bits per heavy atom. The first-order chi connectivity index (χ1) is 10.4. The lowest BCUT2D eigenvalue weighted by Crippen LogP contribution is -2.34. The van der Waals surface area contributed by atoms with Crippen molar-refractivity contribution in [3.63, 3.8) is 0 Å². The minimum absolute atomic E-state index is 0.0230. The maximum atomic E-state index is 12.0. The number of carbonyl (C=O) groups excluding carboxylic acids is 2. The van der Waals surface area contributed by atoms with Crippen molar-refractivity contribution in [1.82, 2.24) is 4.90 Å². The van der Waals surface area contributed by atoms with Gasteiger partial charge in [0.05, 0.1) is 23.9 Å². The zero-order valence-corrected chi connectivity index (χ0v) is 13.2. The lowest BCUT2D eigenvalue weighted by Gasteiger charge is -2.15. The first-order valence-electron chi connectivity index (χ1n) is 6.55. The number of benzene rings is 1. The molecule has 1 aromatic rings. The average molecular weight is 345 g/mol. The molecule has 8 heteroatoms. The number of halogens is 2. The lowest BCUT2D eigenvalue weighted by molar-refractivity contribution is -0.137. The second kappa shape index (κ2) is 6.56. The van der Waals surface area contributed by atoms with Crippen LogP contribution in [0.2, 0.25) is 10.0 Å². The first-order valence-corrected chi connectivity index (χ1v) is 7.31. The third-order valence-corrected chi connectivity index (χ3v) is 3.99. The van der Waals surface area contributed by atoms with Crippen LogP contribution in [0.4, 0.5) is 5.69 Å². The number of hydrogen-bond acceptors (Lipinski definition) is 5. The van der Waals surface area contributed by atoms with E-state index in [9.17, 15) is 14.7 Å². The molecule has 0 spiro atoms. The molecule has 22 heavy (non-hydrogen) atoms. The maximum absolute atomic E-state index is 12.0. The molecule has 0 aromatic heterocycles. The third kappa shape index (κ3) is 2.90. The minimum atomic E-state index is -0.592. The number of rotatable bonds is 5. The summed E-state index contributed by atoms with van der Waals surface area (Å²) in [5.41, 5.74) is 0.701. The van der Waals surface area contributed by atoms with Gasteiger partial charge < -0.3 is 15.5 Å². The van der Waals surface area contributed by atoms with Crippen molar-refractivity contribution in [3.8, 4) is 5.75 Å². The summed E-state index contributed by atoms with van der Waals surface area (Å²) in [6, 6.07) is 1.44. The third-order valence-electron chi connectivity index (χ3n) is 3.24. The monoisotopic (exact) mass is 344 g/mol. The SMILES string of the molecule is CCc1c(Cl)cc(NC2=CC(=O)N(CCO)C2=O)c(O)c1Cl. The van der Waals surface area contributed by atoms with Crippen molar-refractivity contribution in [1.29, 1.82) is 0 Å². The van der Waals surface area contributed by atoms with Crippen LogP contribution in [0.25, 0.3) is 0 Å². The highest BCUT2D eigenvalue weighted by Gasteiger charge is 2.31. The Morgan fingerprint density at radius 3 is 2.59 bits per heavy atom. The molecule has 6 nitrogen and oxygen atoms in total. The number of anilines is 1. The number of hydrogen-bond donors (Lipinski definition) is 3. The molecule has 1 heterocycles. The molecule has 0 bridgehead atoms. The highest BCUT2D eigenvalue weighted by Crippen LogP contribution is 2.40. The molecule has 118 valence electrons. The van der Waals surface area contributed by atoms with Crippen LogP contribution >= 0.6 is 23.2 Å². The summed E-state index contributed by atoms with van der Waals surface area (Å²) in [5.74, 6) is -1.38. The van der Waals surface area contributed by atoms with E-state index in [1.807, 2.05) is 6.92 Å². The molecule has 3 N–H and O–H groups in total. The van der Waals surface area contributed by atoms with E-state index in [0.29, 0.717) is 17.0 Å². The summed E-state index contributed by atoms with van der Waals surface area (Å²) in [6.45, 7) is 1.42. The van der Waals surface area contributed by atoms with Crippen molar-refractivity contribution in [2.75, 3.05) is 18.5 Å². The second-order valence-corrected chi connectivity index (χ2v) is 5.39. The van der Waals surface area contributed by atoms with Crippen LogP contribution in [-0.4, -0.2) is 40.1 Å². The molecule has 0 radical (unpaired) electrons. The number of aliphatic hydroxyl groups is 1. The summed E-state index contributed by atoms with van der Waals surface area (Å²) in [6.07, 6.45) is 1.63. The van der Waals surface area contributed by atoms with Crippen LogP contribution in [0.15, 0.2) is 17.8 Å². The Labute approximate surface area is 136 Å². The smallest absolute Gasteiger partial charge is 0.277 e. The summed E-state index contributed by atoms with van der Waals surface area (Å²) < 4.78 is 0. The van der Waals surface area contributed by atoms with Crippen molar-refractivity contribution < 1.29 is 19.8 Å². The van der Waals surface area contributed by atoms with E-state index in [-0.39, 0.29) is 35.3 Å². The molecular weight excluding hydrogens is 331 g/mol. The fourth-order valence-corrected chi connectivity index (χ4v) is 2.85. The molecule has 0 unspecified atom stereocenters. The van der Waals surface area contributed by atoms with Crippen molar-refractivity contribution in [3.05, 3.63) is 33.4 Å². The van der Waals surface area contributed by atoms with Gasteiger partial charge in [-0.05, 0) is 18.1 Å². The molecule has 0 aliphatic carbocycles. The lowest BCUT2D eigenvalue weighted by atomic mass is 10.1. The van der Waals surface area contributed by atoms with E-state index in [1.54, 1.807) is 0 Å². The number of phenols is 1. The Hall–Kier alpha value is -1.76. The summed E-state index contributed by atoms with van der Waals surface area (Å²) in [4.78, 5) is 24.6. The van der Waals surface area contributed by atoms with Gasteiger partial charge in [-0.2, -0.15) is 0 Å². The minimum Gasteiger partial charge on any atom is -0.504 e. The molecule has 0 saturated heterocycles. The normalized spacial score (nSPS) is 14.5. The first kappa shape index (κ1) is 16.6. The molecular formula is C14H14Cl2N2O4. The Bertz CT molecular complexity index is 673. The molecule has 1 aromatic carbocycles. The van der Waals surface area contributed by atoms with Gasteiger partial charge in [0.1, 0.15) is 5.70 Å². The van der Waals surface area contributed by atoms with Gasteiger partial charge in [0, 0.05) is 11.1 Å². The molecule has 0 saturated carbocycles. The number of nitrogens with zero attached hydrogens (tertiary/aromatic N) is 1. The number of aliphatic hydroxyl groups excluding tert-OH is 1. The zero-order valence-electron chi connectivity index (χ0n) is 11.7. The average Bonchev–Trinajstić information content (AvgIpc) is 2.73. The number of carbonyl (C=O) groups is 2. The highest BCUT2D eigenvalue weighted by molar-refractivity contribution is 6.37. The van der Waals surface area contributed by atoms with Crippen LogP contribution in [0.3, 0.4) is 0 Å². The summed E-state index contributed by atoms with van der Waals surface area (Å²) >= 11 is 12.1. The van der Waals surface area contributed by atoms with Crippen LogP contribution in [0, 0.1) is 0 Å². The van der Waals surface area contributed by atoms with E-state index in [4.69, 9.17) is 28.3 Å². The standard InChI is InChI=1S/C14H14Cl2N2O4/c1-2-7-8(15)5-9(13(21)12(7)16)17-10-6-11(20)18(3-4-19)14(10)22/h5-6,17,19,21H,2-4H2,1H3. The number of amides is 2. The van der Waals surface area contributed by atoms with E-state index >= 15 is 0 Å². The number of nitrogens with one attached hydrogen (secondary N) is 1. The number of aromatic hydroxyl groups is 1. The predicted octanol–water partition coefficient (Wildman–Crippen LogP) is 1.92. The predicted molar refractivity (Wildman–Crippen MR) is 83.0 cm³/mol. The van der Waals surface area contributed by atoms with Gasteiger partial charge in [-0.15, -0.1) is 0 Å². The zero-order chi connectivity index (χ0) is 16.4. The summed E-state index contributed by atoms with van der Waals surface area (Å²) in [5, 5.41) is 22.0. The van der Waals surface area contributed by atoms with Gasteiger partial charge in [0.15, 0.2) is 5.75 Å². The van der Waals surface area contributed by atoms with Gasteiger partial charge in [0.2, 0.25) is 0 Å². The van der Waals surface area contributed by atoms with E-state index in [2.05, 4.69) is 5.32 Å². The molecule has 1 aliphatic heterocycles. The van der Waals surface area contributed by atoms with Gasteiger partial charge >= 0.3 is 0 Å². The van der Waals surface area contributed by atoms with Crippen molar-refractivity contribution >= 4 is 40.7 Å². The highest BCUT2D eigenvalue weighted by atomic mass is 35.5. The molecule has 0 fully saturated rings. The Kier molecular flexibility index (Phi) is 4.95. The van der Waals surface area contributed by atoms with E-state index in [0.717, 1.165) is 11.0 Å². The quantitative estimate of drug-likeness (QED) is 0.560. The maximum Gasteiger partial charge on any atom is 0.277 e. The molecule has 2 amide bonds. The largest absolute Gasteiger partial charge is 0.504 e. The van der Waals surface area contributed by atoms with Crippen LogP contribution in [0.5, 0.6) is 5.75 Å². The van der Waals surface area contributed by atoms with Crippen molar-refractivity contribution in [2.45, 2.75) is 13.3 Å². The molecule has 1 aliphatic rings. The number of imide groups is 1. The topological polar surface area (TPSA) is 89.9 Å². The number of phenolic OH excluding ortho intramolecular Hbond substituents is 1. The summed E-state index contributed by atoms with van der Waals surface area (Å²) in [7, 11) is 0. The second-order valence-electron chi connectivity index (χ2n) is 4.60. The van der Waals surface area contributed by atoms with Gasteiger partial charge in [0.25, 0.3) is 11.8 Å². The van der Waals surface area contributed by atoms with Crippen molar-refractivity contribution in [2.24, 2.45) is 0 Å². The molecule has 0 atom stereocenters. The van der Waals surface area contributed by atoms with Crippen LogP contribution in [0.1, 0.15) is 12.5 Å². The Balaban J connectivity index is 2.31. The van der Waals surface area contributed by atoms with Gasteiger partial charge in [-0.3, -0.25) is 14.5 Å². The fraction of sp³-hybridized carbons (Fsp3) is 0.286. The van der Waals surface area contributed by atoms with E-state index in [1.165, 1.54) is 6.07 Å². The van der Waals surface area contributed by atoms with Gasteiger partial charge in [-0.1, -0.05) is 30.1 Å². The van der Waals surface area contributed by atoms with Gasteiger partial charge in [-0.25, -0.2) is 0 Å². The van der Waals surface area contributed by atoms with Crippen LogP contribution < -0.4 is 5.32 Å². The fourth-order valence-electron chi connectivity index (χ4n) is 2.12. The Morgan fingerprint density at radius 1 is 1.32 bits per heavy atom. The van der Waals surface area contributed by atoms with Crippen LogP contribution in [-0.2, 0) is 16.0 Å². The van der Waals surface area contributed by atoms with E-state index < -0.39 is 11.8 Å².